The van der Waals surface area contributed by atoms with Crippen LogP contribution in [0.15, 0.2) is 48.5 Å². The third kappa shape index (κ3) is 4.57. The molecule has 2 rings (SSSR count). The van der Waals surface area contributed by atoms with Gasteiger partial charge in [0.05, 0.1) is 0 Å². The molecule has 23 heavy (non-hydrogen) atoms. The van der Waals surface area contributed by atoms with Gasteiger partial charge in [0.1, 0.15) is 11.5 Å². The van der Waals surface area contributed by atoms with Crippen LogP contribution in [0.1, 0.15) is 27.6 Å². The van der Waals surface area contributed by atoms with E-state index in [9.17, 15) is 14.4 Å². The van der Waals surface area contributed by atoms with E-state index in [0.717, 1.165) is 0 Å². The van der Waals surface area contributed by atoms with Gasteiger partial charge in [0.2, 0.25) is 0 Å². The Labute approximate surface area is 131 Å². The van der Waals surface area contributed by atoms with Crippen LogP contribution >= 0.6 is 0 Å². The number of esters is 1. The second-order valence-electron chi connectivity index (χ2n) is 4.58. The molecule has 2 amide bonds. The van der Waals surface area contributed by atoms with Crippen molar-refractivity contribution < 1.29 is 24.2 Å². The molecule has 0 saturated carbocycles. The fraction of sp³-hybridized carbons (Fsp3) is 0.0625. The van der Waals surface area contributed by atoms with Gasteiger partial charge in [-0.15, -0.1) is 0 Å². The minimum Gasteiger partial charge on any atom is -0.508 e. The average Bonchev–Trinajstić information content (AvgIpc) is 2.52. The van der Waals surface area contributed by atoms with Crippen LogP contribution in [-0.2, 0) is 4.79 Å². The van der Waals surface area contributed by atoms with Crippen LogP contribution in [0.25, 0.3) is 0 Å². The van der Waals surface area contributed by atoms with Crippen molar-refractivity contribution in [2.45, 2.75) is 6.92 Å². The Kier molecular flexibility index (Phi) is 4.93. The predicted octanol–water partition coefficient (Wildman–Crippen LogP) is 1.39. The number of hydrazine groups is 1. The van der Waals surface area contributed by atoms with Gasteiger partial charge in [-0.1, -0.05) is 6.07 Å². The molecule has 0 aliphatic carbocycles. The first-order valence-corrected chi connectivity index (χ1v) is 6.64. The van der Waals surface area contributed by atoms with E-state index < -0.39 is 17.8 Å². The van der Waals surface area contributed by atoms with Gasteiger partial charge in [0, 0.05) is 18.1 Å². The van der Waals surface area contributed by atoms with Crippen LogP contribution in [0.5, 0.6) is 11.5 Å². The van der Waals surface area contributed by atoms with Crippen molar-refractivity contribution in [3.05, 3.63) is 59.7 Å². The first-order valence-electron chi connectivity index (χ1n) is 6.64. The normalized spacial score (nSPS) is 9.78. The molecule has 0 aliphatic rings. The molecule has 0 heterocycles. The Bertz CT molecular complexity index is 740. The van der Waals surface area contributed by atoms with Gasteiger partial charge in [-0.25, -0.2) is 0 Å². The highest BCUT2D eigenvalue weighted by Crippen LogP contribution is 2.13. The Morgan fingerprint density at radius 1 is 0.913 bits per heavy atom. The van der Waals surface area contributed by atoms with Crippen LogP contribution in [-0.4, -0.2) is 22.9 Å². The minimum absolute atomic E-state index is 0.0351. The molecule has 0 radical (unpaired) electrons. The summed E-state index contributed by atoms with van der Waals surface area (Å²) in [7, 11) is 0. The third-order valence-corrected chi connectivity index (χ3v) is 2.78. The van der Waals surface area contributed by atoms with Crippen LogP contribution in [0.4, 0.5) is 0 Å². The van der Waals surface area contributed by atoms with Crippen LogP contribution in [0.2, 0.25) is 0 Å². The number of phenols is 1. The molecule has 0 bridgehead atoms. The summed E-state index contributed by atoms with van der Waals surface area (Å²) in [5.74, 6) is -1.33. The maximum absolute atomic E-state index is 12.0. The number of carbonyl (C=O) groups excluding carboxylic acids is 3. The molecular formula is C16H14N2O5. The average molecular weight is 314 g/mol. The quantitative estimate of drug-likeness (QED) is 0.451. The summed E-state index contributed by atoms with van der Waals surface area (Å²) in [5, 5.41) is 9.16. The summed E-state index contributed by atoms with van der Waals surface area (Å²) < 4.78 is 4.88. The maximum Gasteiger partial charge on any atom is 0.308 e. The smallest absolute Gasteiger partial charge is 0.308 e. The number of rotatable bonds is 3. The molecule has 3 N–H and O–H groups in total. The lowest BCUT2D eigenvalue weighted by molar-refractivity contribution is -0.131. The molecule has 2 aromatic carbocycles. The molecule has 0 saturated heterocycles. The topological polar surface area (TPSA) is 105 Å². The first kappa shape index (κ1) is 16.0. The Morgan fingerprint density at radius 2 is 1.52 bits per heavy atom. The van der Waals surface area contributed by atoms with Crippen LogP contribution in [0.3, 0.4) is 0 Å². The largest absolute Gasteiger partial charge is 0.508 e. The van der Waals surface area contributed by atoms with Crippen molar-refractivity contribution in [2.75, 3.05) is 0 Å². The SMILES string of the molecule is CC(=O)Oc1cccc(C(=O)NNC(=O)c2ccc(O)cc2)c1. The number of hydrogen-bond acceptors (Lipinski definition) is 5. The number of phenolic OH excluding ortho intramolecular Hbond substituents is 1. The van der Waals surface area contributed by atoms with Crippen molar-refractivity contribution >= 4 is 17.8 Å². The number of benzene rings is 2. The van der Waals surface area contributed by atoms with Crippen molar-refractivity contribution in [1.82, 2.24) is 10.9 Å². The summed E-state index contributed by atoms with van der Waals surface area (Å²) >= 11 is 0. The number of nitrogens with one attached hydrogen (secondary N) is 2. The molecule has 0 unspecified atom stereocenters. The molecule has 0 aliphatic heterocycles. The fourth-order valence-electron chi connectivity index (χ4n) is 1.74. The zero-order valence-corrected chi connectivity index (χ0v) is 12.2. The summed E-state index contributed by atoms with van der Waals surface area (Å²) in [4.78, 5) is 34.7. The molecule has 118 valence electrons. The van der Waals surface area contributed by atoms with Crippen LogP contribution in [0, 0.1) is 0 Å². The zero-order valence-electron chi connectivity index (χ0n) is 12.2. The number of carbonyl (C=O) groups is 3. The number of ether oxygens (including phenoxy) is 1. The van der Waals surface area contributed by atoms with E-state index in [1.807, 2.05) is 0 Å². The van der Waals surface area contributed by atoms with Crippen LogP contribution < -0.4 is 15.6 Å². The number of aromatic hydroxyl groups is 1. The van der Waals surface area contributed by atoms with Gasteiger partial charge in [-0.05, 0) is 42.5 Å². The Hall–Kier alpha value is -3.35. The highest BCUT2D eigenvalue weighted by molar-refractivity contribution is 5.99. The molecule has 0 atom stereocenters. The van der Waals surface area contributed by atoms with Gasteiger partial charge in [0.15, 0.2) is 0 Å². The summed E-state index contributed by atoms with van der Waals surface area (Å²) in [6, 6.07) is 11.5. The van der Waals surface area contributed by atoms with Gasteiger partial charge in [0.25, 0.3) is 11.8 Å². The van der Waals surface area contributed by atoms with Crippen molar-refractivity contribution in [3.8, 4) is 11.5 Å². The summed E-state index contributed by atoms with van der Waals surface area (Å²) in [6.07, 6.45) is 0. The predicted molar refractivity (Wildman–Crippen MR) is 80.8 cm³/mol. The van der Waals surface area contributed by atoms with Gasteiger partial charge < -0.3 is 9.84 Å². The number of hydrogen-bond donors (Lipinski definition) is 3. The monoisotopic (exact) mass is 314 g/mol. The highest BCUT2D eigenvalue weighted by atomic mass is 16.5. The number of amides is 2. The summed E-state index contributed by atoms with van der Waals surface area (Å²) in [5.41, 5.74) is 4.99. The molecule has 0 fully saturated rings. The van der Waals surface area contributed by atoms with Gasteiger partial charge >= 0.3 is 5.97 Å². The third-order valence-electron chi connectivity index (χ3n) is 2.78. The van der Waals surface area contributed by atoms with E-state index >= 15 is 0 Å². The molecule has 0 aromatic heterocycles. The first-order chi connectivity index (χ1) is 11.0. The molecule has 2 aromatic rings. The second kappa shape index (κ2) is 7.08. The lowest BCUT2D eigenvalue weighted by Gasteiger charge is -2.08. The van der Waals surface area contributed by atoms with E-state index in [1.54, 1.807) is 6.07 Å². The lowest BCUT2D eigenvalue weighted by Crippen LogP contribution is -2.41. The highest BCUT2D eigenvalue weighted by Gasteiger charge is 2.10. The molecular weight excluding hydrogens is 300 g/mol. The summed E-state index contributed by atoms with van der Waals surface area (Å²) in [6.45, 7) is 1.25. The van der Waals surface area contributed by atoms with E-state index in [4.69, 9.17) is 9.84 Å². The maximum atomic E-state index is 12.0. The fourth-order valence-corrected chi connectivity index (χ4v) is 1.74. The molecule has 7 nitrogen and oxygen atoms in total. The van der Waals surface area contributed by atoms with Gasteiger partial charge in [-0.2, -0.15) is 0 Å². The Balaban J connectivity index is 1.98. The molecule has 0 spiro atoms. The van der Waals surface area contributed by atoms with Crippen molar-refractivity contribution in [2.24, 2.45) is 0 Å². The van der Waals surface area contributed by atoms with E-state index in [1.165, 1.54) is 49.4 Å². The van der Waals surface area contributed by atoms with E-state index in [0.29, 0.717) is 0 Å². The van der Waals surface area contributed by atoms with E-state index in [2.05, 4.69) is 10.9 Å². The van der Waals surface area contributed by atoms with E-state index in [-0.39, 0.29) is 22.6 Å². The van der Waals surface area contributed by atoms with Crippen molar-refractivity contribution in [3.63, 3.8) is 0 Å². The zero-order chi connectivity index (χ0) is 16.8. The minimum atomic E-state index is -0.564. The second-order valence-corrected chi connectivity index (χ2v) is 4.58. The van der Waals surface area contributed by atoms with Gasteiger partial charge in [-0.3, -0.25) is 25.2 Å². The lowest BCUT2D eigenvalue weighted by atomic mass is 10.2. The van der Waals surface area contributed by atoms with Crippen molar-refractivity contribution in [1.29, 1.82) is 0 Å². The Morgan fingerprint density at radius 3 is 2.13 bits per heavy atom. The standard InChI is InChI=1S/C16H14N2O5/c1-10(19)23-14-4-2-3-12(9-14)16(22)18-17-15(21)11-5-7-13(20)8-6-11/h2-9,20H,1H3,(H,17,21)(H,18,22). The molecule has 7 heteroatoms.